The topological polar surface area (TPSA) is 96.0 Å². The highest BCUT2D eigenvalue weighted by atomic mass is 32.2. The van der Waals surface area contributed by atoms with Crippen molar-refractivity contribution in [3.05, 3.63) is 47.5 Å². The van der Waals surface area contributed by atoms with Crippen LogP contribution in [0.2, 0.25) is 0 Å². The predicted molar refractivity (Wildman–Crippen MR) is 105 cm³/mol. The fraction of sp³-hybridized carbons (Fsp3) is 0.167. The number of hydrogen-bond donors (Lipinski definition) is 2. The van der Waals surface area contributed by atoms with E-state index in [1.807, 2.05) is 0 Å². The average molecular weight is 373 g/mol. The van der Waals surface area contributed by atoms with Crippen molar-refractivity contribution in [1.82, 2.24) is 0 Å². The molecule has 0 fully saturated rings. The van der Waals surface area contributed by atoms with E-state index in [4.69, 9.17) is 9.47 Å². The van der Waals surface area contributed by atoms with Gasteiger partial charge in [0.2, 0.25) is 5.17 Å². The standard InChI is InChI=1S/C18H19N3O4S/c1-24-14-8-4-6-12(16(14)22)10-19-18(26-3)21-20-11-13-7-5-9-15(25-2)17(13)23/h4-11,22-23H,1-3H3/b19-10+,20-11+,21-18-. The molecule has 0 unspecified atom stereocenters. The Morgan fingerprint density at radius 1 is 0.923 bits per heavy atom. The van der Waals surface area contributed by atoms with Crippen molar-refractivity contribution >= 4 is 29.4 Å². The van der Waals surface area contributed by atoms with Crippen molar-refractivity contribution in [3.63, 3.8) is 0 Å². The first-order chi connectivity index (χ1) is 12.6. The molecule has 0 saturated heterocycles. The summed E-state index contributed by atoms with van der Waals surface area (Å²) in [6.45, 7) is 0. The van der Waals surface area contributed by atoms with Crippen LogP contribution < -0.4 is 9.47 Å². The predicted octanol–water partition coefficient (Wildman–Crippen LogP) is 3.29. The molecule has 0 aliphatic heterocycles. The van der Waals surface area contributed by atoms with Crippen molar-refractivity contribution in [2.24, 2.45) is 15.2 Å². The van der Waals surface area contributed by atoms with Gasteiger partial charge in [-0.25, -0.2) is 4.99 Å². The molecule has 7 nitrogen and oxygen atoms in total. The summed E-state index contributed by atoms with van der Waals surface area (Å²) in [4.78, 5) is 4.21. The Labute approximate surface area is 155 Å². The van der Waals surface area contributed by atoms with E-state index in [0.29, 0.717) is 27.8 Å². The van der Waals surface area contributed by atoms with E-state index >= 15 is 0 Å². The summed E-state index contributed by atoms with van der Waals surface area (Å²) in [5.41, 5.74) is 0.975. The van der Waals surface area contributed by atoms with Crippen molar-refractivity contribution in [1.29, 1.82) is 0 Å². The maximum Gasteiger partial charge on any atom is 0.208 e. The molecule has 0 spiro atoms. The van der Waals surface area contributed by atoms with Gasteiger partial charge in [-0.3, -0.25) is 0 Å². The molecule has 0 bridgehead atoms. The highest BCUT2D eigenvalue weighted by Gasteiger charge is 2.06. The van der Waals surface area contributed by atoms with E-state index in [0.717, 1.165) is 0 Å². The Balaban J connectivity index is 2.18. The number of ether oxygens (including phenoxy) is 2. The van der Waals surface area contributed by atoms with Gasteiger partial charge in [-0.2, -0.15) is 5.10 Å². The second-order valence-corrected chi connectivity index (χ2v) is 5.66. The number of rotatable bonds is 5. The Bertz CT molecular complexity index is 850. The molecule has 0 atom stereocenters. The molecule has 0 heterocycles. The first-order valence-corrected chi connectivity index (χ1v) is 8.74. The molecule has 136 valence electrons. The van der Waals surface area contributed by atoms with Crippen LogP contribution in [0.1, 0.15) is 11.1 Å². The minimum Gasteiger partial charge on any atom is -0.504 e. The van der Waals surface area contributed by atoms with Crippen molar-refractivity contribution < 1.29 is 19.7 Å². The number of aliphatic imine (C=N–C) groups is 1. The average Bonchev–Trinajstić information content (AvgIpc) is 2.66. The molecule has 0 saturated carbocycles. The van der Waals surface area contributed by atoms with Crippen molar-refractivity contribution in [2.75, 3.05) is 20.5 Å². The van der Waals surface area contributed by atoms with Gasteiger partial charge >= 0.3 is 0 Å². The van der Waals surface area contributed by atoms with E-state index < -0.39 is 0 Å². The minimum absolute atomic E-state index is 0.00371. The van der Waals surface area contributed by atoms with Crippen molar-refractivity contribution in [2.45, 2.75) is 0 Å². The number of phenolic OH excluding ortho intramolecular Hbond substituents is 2. The Morgan fingerprint density at radius 2 is 1.46 bits per heavy atom. The summed E-state index contributed by atoms with van der Waals surface area (Å²) in [5, 5.41) is 28.4. The van der Waals surface area contributed by atoms with E-state index in [9.17, 15) is 10.2 Å². The van der Waals surface area contributed by atoms with Crippen LogP contribution >= 0.6 is 11.8 Å². The van der Waals surface area contributed by atoms with Gasteiger partial charge in [-0.15, -0.1) is 5.10 Å². The Kier molecular flexibility index (Phi) is 7.04. The number of para-hydroxylation sites is 2. The summed E-state index contributed by atoms with van der Waals surface area (Å²) in [6, 6.07) is 10.2. The molecular formula is C18H19N3O4S. The SMILES string of the molecule is COc1cccc(/C=N/N=C(/N=C/c2cccc(OC)c2O)SC)c1O. The molecule has 2 aromatic rings. The molecule has 0 aliphatic rings. The largest absolute Gasteiger partial charge is 0.504 e. The Morgan fingerprint density at radius 3 is 1.96 bits per heavy atom. The summed E-state index contributed by atoms with van der Waals surface area (Å²) >= 11 is 1.29. The molecule has 0 radical (unpaired) electrons. The van der Waals surface area contributed by atoms with Crippen LogP contribution in [0.15, 0.2) is 51.6 Å². The molecule has 2 aromatic carbocycles. The van der Waals surface area contributed by atoms with Crippen LogP contribution in [0.5, 0.6) is 23.0 Å². The molecular weight excluding hydrogens is 354 g/mol. The maximum atomic E-state index is 10.0. The quantitative estimate of drug-likeness (QED) is 0.476. The van der Waals surface area contributed by atoms with Crippen LogP contribution in [0.4, 0.5) is 0 Å². The number of hydrogen-bond acceptors (Lipinski definition) is 7. The number of amidine groups is 1. The minimum atomic E-state index is -0.00976. The van der Waals surface area contributed by atoms with Crippen LogP contribution in [0, 0.1) is 0 Å². The third-order valence-electron chi connectivity index (χ3n) is 3.34. The summed E-state index contributed by atoms with van der Waals surface area (Å²) in [5.74, 6) is 0.714. The number of methoxy groups -OCH3 is 2. The highest BCUT2D eigenvalue weighted by molar-refractivity contribution is 8.13. The number of nitrogens with zero attached hydrogens (tertiary/aromatic N) is 3. The molecule has 0 aromatic heterocycles. The molecule has 26 heavy (non-hydrogen) atoms. The normalized spacial score (nSPS) is 12.0. The number of aromatic hydroxyl groups is 2. The van der Waals surface area contributed by atoms with Gasteiger partial charge < -0.3 is 19.7 Å². The second-order valence-electron chi connectivity index (χ2n) is 4.89. The number of phenols is 2. The molecule has 2 rings (SSSR count). The Hall–Kier alpha value is -3.00. The molecule has 2 N–H and O–H groups in total. The van der Waals surface area contributed by atoms with E-state index in [-0.39, 0.29) is 11.5 Å². The summed E-state index contributed by atoms with van der Waals surface area (Å²) in [6.07, 6.45) is 4.69. The zero-order valence-corrected chi connectivity index (χ0v) is 15.4. The van der Waals surface area contributed by atoms with Gasteiger partial charge in [0.25, 0.3) is 0 Å². The first kappa shape index (κ1) is 19.3. The lowest BCUT2D eigenvalue weighted by Gasteiger charge is -2.04. The maximum absolute atomic E-state index is 10.0. The van der Waals surface area contributed by atoms with Crippen LogP contribution in [-0.4, -0.2) is 48.3 Å². The van der Waals surface area contributed by atoms with Crippen LogP contribution in [0.3, 0.4) is 0 Å². The smallest absolute Gasteiger partial charge is 0.208 e. The van der Waals surface area contributed by atoms with Crippen molar-refractivity contribution in [3.8, 4) is 23.0 Å². The van der Waals surface area contributed by atoms with Gasteiger partial charge in [-0.05, 0) is 30.5 Å². The number of benzene rings is 2. The fourth-order valence-electron chi connectivity index (χ4n) is 2.00. The molecule has 0 amide bonds. The first-order valence-electron chi connectivity index (χ1n) is 7.51. The monoisotopic (exact) mass is 373 g/mol. The third-order valence-corrected chi connectivity index (χ3v) is 3.89. The van der Waals surface area contributed by atoms with E-state index in [1.165, 1.54) is 38.4 Å². The zero-order chi connectivity index (χ0) is 18.9. The highest BCUT2D eigenvalue weighted by Crippen LogP contribution is 2.29. The molecule has 8 heteroatoms. The van der Waals surface area contributed by atoms with Gasteiger partial charge in [0.1, 0.15) is 0 Å². The fourth-order valence-corrected chi connectivity index (χ4v) is 2.29. The second kappa shape index (κ2) is 9.47. The zero-order valence-electron chi connectivity index (χ0n) is 14.6. The van der Waals surface area contributed by atoms with Crippen LogP contribution in [0.25, 0.3) is 0 Å². The van der Waals surface area contributed by atoms with Gasteiger partial charge in [0.05, 0.1) is 20.4 Å². The summed E-state index contributed by atoms with van der Waals surface area (Å²) in [7, 11) is 2.95. The van der Waals surface area contributed by atoms with Gasteiger partial charge in [0.15, 0.2) is 23.0 Å². The lowest BCUT2D eigenvalue weighted by molar-refractivity contribution is 0.373. The number of thioether (sulfide) groups is 1. The van der Waals surface area contributed by atoms with Crippen LogP contribution in [-0.2, 0) is 0 Å². The van der Waals surface area contributed by atoms with Gasteiger partial charge in [-0.1, -0.05) is 23.9 Å². The lowest BCUT2D eigenvalue weighted by atomic mass is 10.2. The molecule has 0 aliphatic carbocycles. The summed E-state index contributed by atoms with van der Waals surface area (Å²) < 4.78 is 10.1. The van der Waals surface area contributed by atoms with E-state index in [1.54, 1.807) is 42.7 Å². The lowest BCUT2D eigenvalue weighted by Crippen LogP contribution is -1.92. The van der Waals surface area contributed by atoms with Gasteiger partial charge in [0, 0.05) is 17.3 Å². The third kappa shape index (κ3) is 4.76. The van der Waals surface area contributed by atoms with E-state index in [2.05, 4.69) is 15.2 Å².